The monoisotopic (exact) mass is 412 g/mol. The number of carbonyl (C=O) groups excluding carboxylic acids is 2. The summed E-state index contributed by atoms with van der Waals surface area (Å²) in [4.78, 5) is 24.8. The van der Waals surface area contributed by atoms with E-state index in [-0.39, 0.29) is 30.2 Å². The summed E-state index contributed by atoms with van der Waals surface area (Å²) in [6.45, 7) is -0.170. The zero-order valence-electron chi connectivity index (χ0n) is 15.5. The number of hydrogen-bond acceptors (Lipinski definition) is 4. The van der Waals surface area contributed by atoms with Crippen LogP contribution < -0.4 is 15.0 Å². The number of amides is 1. The normalized spacial score (nSPS) is 12.9. The summed E-state index contributed by atoms with van der Waals surface area (Å²) in [5.74, 6) is -2.59. The van der Waals surface area contributed by atoms with E-state index in [1.807, 2.05) is 0 Å². The van der Waals surface area contributed by atoms with E-state index in [1.54, 1.807) is 41.3 Å². The summed E-state index contributed by atoms with van der Waals surface area (Å²) < 4.78 is 47.0. The Morgan fingerprint density at radius 1 is 1.00 bits per heavy atom. The van der Waals surface area contributed by atoms with Crippen molar-refractivity contribution in [1.29, 1.82) is 0 Å². The molecule has 4 rings (SSSR count). The van der Waals surface area contributed by atoms with Crippen LogP contribution in [0.25, 0.3) is 0 Å². The predicted octanol–water partition coefficient (Wildman–Crippen LogP) is 4.42. The smallest absolute Gasteiger partial charge is 0.254 e. The van der Waals surface area contributed by atoms with Crippen LogP contribution in [0.1, 0.15) is 26.3 Å². The van der Waals surface area contributed by atoms with Gasteiger partial charge in [-0.15, -0.1) is 0 Å². The third-order valence-corrected chi connectivity index (χ3v) is 4.67. The van der Waals surface area contributed by atoms with Gasteiger partial charge >= 0.3 is 0 Å². The molecule has 0 aliphatic carbocycles. The minimum atomic E-state index is -0.999. The maximum absolute atomic E-state index is 14.0. The van der Waals surface area contributed by atoms with E-state index >= 15 is 0 Å². The number of halogens is 3. The van der Waals surface area contributed by atoms with Crippen LogP contribution in [0.5, 0.6) is 11.5 Å². The second-order valence-corrected chi connectivity index (χ2v) is 6.68. The SMILES string of the molecule is O=Cc1cccc(Oc2ccc3c(c2)C(=O)NCN3Cc2c(F)cc(F)cc2F)c1. The van der Waals surface area contributed by atoms with Crippen LogP contribution in [-0.4, -0.2) is 18.9 Å². The molecule has 5 nitrogen and oxygen atoms in total. The van der Waals surface area contributed by atoms with Crippen molar-refractivity contribution in [3.05, 3.63) is 88.7 Å². The van der Waals surface area contributed by atoms with Crippen molar-refractivity contribution in [3.63, 3.8) is 0 Å². The highest BCUT2D eigenvalue weighted by atomic mass is 19.1. The first-order valence-corrected chi connectivity index (χ1v) is 8.98. The third-order valence-electron chi connectivity index (χ3n) is 4.67. The molecule has 0 bridgehead atoms. The van der Waals surface area contributed by atoms with Crippen molar-refractivity contribution < 1.29 is 27.5 Å². The minimum absolute atomic E-state index is 0.0314. The average molecular weight is 412 g/mol. The van der Waals surface area contributed by atoms with Gasteiger partial charge in [0.15, 0.2) is 0 Å². The Kier molecular flexibility index (Phi) is 5.14. The molecule has 0 saturated carbocycles. The highest BCUT2D eigenvalue weighted by Crippen LogP contribution is 2.32. The highest BCUT2D eigenvalue weighted by Gasteiger charge is 2.25. The number of fused-ring (bicyclic) bond motifs is 1. The first-order valence-electron chi connectivity index (χ1n) is 8.98. The summed E-state index contributed by atoms with van der Waals surface area (Å²) in [5.41, 5.74) is 0.853. The molecule has 0 radical (unpaired) electrons. The molecule has 0 saturated heterocycles. The lowest BCUT2D eigenvalue weighted by Gasteiger charge is -2.31. The van der Waals surface area contributed by atoms with Gasteiger partial charge in [-0.05, 0) is 30.3 Å². The van der Waals surface area contributed by atoms with Gasteiger partial charge in [-0.2, -0.15) is 0 Å². The number of ether oxygens (including phenoxy) is 1. The third kappa shape index (κ3) is 3.84. The van der Waals surface area contributed by atoms with Crippen molar-refractivity contribution >= 4 is 17.9 Å². The molecule has 1 heterocycles. The van der Waals surface area contributed by atoms with Crippen molar-refractivity contribution in [2.45, 2.75) is 6.54 Å². The van der Waals surface area contributed by atoms with Gasteiger partial charge in [0, 0.05) is 23.3 Å². The van der Waals surface area contributed by atoms with Crippen molar-refractivity contribution in [2.75, 3.05) is 11.6 Å². The second-order valence-electron chi connectivity index (χ2n) is 6.68. The molecular formula is C22H15F3N2O3. The van der Waals surface area contributed by atoms with E-state index in [4.69, 9.17) is 4.74 Å². The number of nitrogens with one attached hydrogen (secondary N) is 1. The fraction of sp³-hybridized carbons (Fsp3) is 0.0909. The molecular weight excluding hydrogens is 397 g/mol. The molecule has 0 fully saturated rings. The fourth-order valence-electron chi connectivity index (χ4n) is 3.23. The Labute approximate surface area is 169 Å². The van der Waals surface area contributed by atoms with Gasteiger partial charge in [-0.1, -0.05) is 12.1 Å². The van der Waals surface area contributed by atoms with Crippen molar-refractivity contribution in [1.82, 2.24) is 5.32 Å². The molecule has 1 N–H and O–H groups in total. The Hall–Kier alpha value is -3.81. The molecule has 0 atom stereocenters. The van der Waals surface area contributed by atoms with E-state index < -0.39 is 17.5 Å². The summed E-state index contributed by atoms with van der Waals surface area (Å²) in [7, 11) is 0. The Morgan fingerprint density at radius 3 is 2.47 bits per heavy atom. The first-order chi connectivity index (χ1) is 14.4. The lowest BCUT2D eigenvalue weighted by molar-refractivity contribution is 0.0946. The highest BCUT2D eigenvalue weighted by molar-refractivity contribution is 6.02. The molecule has 0 spiro atoms. The van der Waals surface area contributed by atoms with Crippen LogP contribution in [0.3, 0.4) is 0 Å². The summed E-state index contributed by atoms with van der Waals surface area (Å²) >= 11 is 0. The maximum atomic E-state index is 14.0. The van der Waals surface area contributed by atoms with Crippen LogP contribution >= 0.6 is 0 Å². The number of rotatable bonds is 5. The maximum Gasteiger partial charge on any atom is 0.254 e. The number of anilines is 1. The zero-order chi connectivity index (χ0) is 21.3. The van der Waals surface area contributed by atoms with Gasteiger partial charge in [0.1, 0.15) is 35.2 Å². The molecule has 1 aliphatic heterocycles. The standard InChI is InChI=1S/C22H15F3N2O3/c23-14-7-19(24)18(20(25)8-14)10-27-12-26-22(29)17-9-16(4-5-21(17)27)30-15-3-1-2-13(6-15)11-28/h1-9,11H,10,12H2,(H,26,29). The molecule has 3 aromatic rings. The van der Waals surface area contributed by atoms with Crippen molar-refractivity contribution in [3.8, 4) is 11.5 Å². The van der Waals surface area contributed by atoms with Crippen LogP contribution in [0.15, 0.2) is 54.6 Å². The molecule has 1 aliphatic rings. The van der Waals surface area contributed by atoms with E-state index in [0.29, 0.717) is 41.2 Å². The largest absolute Gasteiger partial charge is 0.457 e. The molecule has 0 aromatic heterocycles. The van der Waals surface area contributed by atoms with Gasteiger partial charge in [0.25, 0.3) is 5.91 Å². The summed E-state index contributed by atoms with van der Waals surface area (Å²) in [6, 6.07) is 12.5. The molecule has 3 aromatic carbocycles. The number of benzene rings is 3. The first kappa shape index (κ1) is 19.5. The van der Waals surface area contributed by atoms with E-state index in [2.05, 4.69) is 5.32 Å². The van der Waals surface area contributed by atoms with Gasteiger partial charge in [0.05, 0.1) is 24.5 Å². The number of hydrogen-bond donors (Lipinski definition) is 1. The van der Waals surface area contributed by atoms with E-state index in [1.165, 1.54) is 6.07 Å². The fourth-order valence-corrected chi connectivity index (χ4v) is 3.23. The van der Waals surface area contributed by atoms with Crippen molar-refractivity contribution in [2.24, 2.45) is 0 Å². The molecule has 8 heteroatoms. The Morgan fingerprint density at radius 2 is 1.73 bits per heavy atom. The molecule has 0 unspecified atom stereocenters. The Bertz CT molecular complexity index is 1130. The van der Waals surface area contributed by atoms with Crippen LogP contribution in [0, 0.1) is 17.5 Å². The number of nitrogens with zero attached hydrogens (tertiary/aromatic N) is 1. The summed E-state index contributed by atoms with van der Waals surface area (Å²) in [5, 5.41) is 2.63. The predicted molar refractivity (Wildman–Crippen MR) is 103 cm³/mol. The quantitative estimate of drug-likeness (QED) is 0.631. The van der Waals surface area contributed by atoms with Crippen LogP contribution in [0.2, 0.25) is 0 Å². The van der Waals surface area contributed by atoms with Gasteiger partial charge < -0.3 is 15.0 Å². The Balaban J connectivity index is 1.63. The van der Waals surface area contributed by atoms with Gasteiger partial charge in [-0.3, -0.25) is 9.59 Å². The topological polar surface area (TPSA) is 58.6 Å². The summed E-state index contributed by atoms with van der Waals surface area (Å²) in [6.07, 6.45) is 0.693. The zero-order valence-corrected chi connectivity index (χ0v) is 15.5. The molecule has 30 heavy (non-hydrogen) atoms. The average Bonchev–Trinajstić information content (AvgIpc) is 2.72. The minimum Gasteiger partial charge on any atom is -0.457 e. The van der Waals surface area contributed by atoms with E-state index in [0.717, 1.165) is 0 Å². The molecule has 1 amide bonds. The lowest BCUT2D eigenvalue weighted by Crippen LogP contribution is -2.43. The van der Waals surface area contributed by atoms with Crippen LogP contribution in [0.4, 0.5) is 18.9 Å². The van der Waals surface area contributed by atoms with E-state index in [9.17, 15) is 22.8 Å². The van der Waals surface area contributed by atoms with Gasteiger partial charge in [0.2, 0.25) is 0 Å². The van der Waals surface area contributed by atoms with Crippen LogP contribution in [-0.2, 0) is 6.54 Å². The molecule has 152 valence electrons. The number of aldehydes is 1. The lowest BCUT2D eigenvalue weighted by atomic mass is 10.1. The second kappa shape index (κ2) is 7.90. The van der Waals surface area contributed by atoms with Gasteiger partial charge in [-0.25, -0.2) is 13.2 Å². The number of carbonyl (C=O) groups is 2.